The predicted octanol–water partition coefficient (Wildman–Crippen LogP) is 4.24. The maximum Gasteiger partial charge on any atom is 0.140 e. The largest absolute Gasteiger partial charge is 0.496 e. The Bertz CT molecular complexity index is 770. The lowest BCUT2D eigenvalue weighted by atomic mass is 9.97. The lowest BCUT2D eigenvalue weighted by molar-refractivity contribution is 0.317. The second kappa shape index (κ2) is 8.46. The topological polar surface area (TPSA) is 69.5 Å². The van der Waals surface area contributed by atoms with Gasteiger partial charge < -0.3 is 24.2 Å². The fraction of sp³-hybridized carbons (Fsp3) is 0.421. The van der Waals surface area contributed by atoms with Gasteiger partial charge in [-0.25, -0.2) is 0 Å². The van der Waals surface area contributed by atoms with Gasteiger partial charge in [0.2, 0.25) is 0 Å². The normalized spacial score (nSPS) is 11.5. The van der Waals surface area contributed by atoms with E-state index in [0.717, 1.165) is 23.6 Å². The highest BCUT2D eigenvalue weighted by molar-refractivity contribution is 6.12. The molecule has 25 heavy (non-hydrogen) atoms. The number of benzene rings is 2. The standard InChI is InChI=1S/C19H25NO5/c1-6-7-8-13(20-21)12-11-16(24-4)17-14(22-2)9-10-15(23-3)18(17)19(12)25-5/h9-11,21H,6-8H2,1-5H3. The third kappa shape index (κ3) is 3.43. The van der Waals surface area contributed by atoms with Gasteiger partial charge >= 0.3 is 0 Å². The minimum atomic E-state index is 0.545. The third-order valence-electron chi connectivity index (χ3n) is 4.19. The summed E-state index contributed by atoms with van der Waals surface area (Å²) in [5.41, 5.74) is 1.22. The van der Waals surface area contributed by atoms with E-state index in [-0.39, 0.29) is 0 Å². The molecule has 6 heteroatoms. The van der Waals surface area contributed by atoms with Crippen LogP contribution in [0.5, 0.6) is 23.0 Å². The predicted molar refractivity (Wildman–Crippen MR) is 98.0 cm³/mol. The van der Waals surface area contributed by atoms with Crippen molar-refractivity contribution in [1.82, 2.24) is 0 Å². The highest BCUT2D eigenvalue weighted by Gasteiger charge is 2.23. The molecule has 136 valence electrons. The molecule has 2 aromatic carbocycles. The maximum atomic E-state index is 9.52. The second-order valence-electron chi connectivity index (χ2n) is 5.53. The highest BCUT2D eigenvalue weighted by Crippen LogP contribution is 2.46. The van der Waals surface area contributed by atoms with Crippen LogP contribution in [0.4, 0.5) is 0 Å². The summed E-state index contributed by atoms with van der Waals surface area (Å²) >= 11 is 0. The Morgan fingerprint density at radius 1 is 0.920 bits per heavy atom. The zero-order valence-corrected chi connectivity index (χ0v) is 15.4. The van der Waals surface area contributed by atoms with Crippen LogP contribution >= 0.6 is 0 Å². The van der Waals surface area contributed by atoms with E-state index in [0.29, 0.717) is 40.7 Å². The molecule has 0 heterocycles. The number of hydrogen-bond donors (Lipinski definition) is 1. The molecule has 0 unspecified atom stereocenters. The van der Waals surface area contributed by atoms with Crippen molar-refractivity contribution < 1.29 is 24.2 Å². The lowest BCUT2D eigenvalue weighted by Gasteiger charge is -2.19. The summed E-state index contributed by atoms with van der Waals surface area (Å²) in [6.07, 6.45) is 2.52. The number of nitrogens with zero attached hydrogens (tertiary/aromatic N) is 1. The molecule has 0 saturated carbocycles. The minimum Gasteiger partial charge on any atom is -0.496 e. The van der Waals surface area contributed by atoms with E-state index in [1.807, 2.05) is 18.2 Å². The summed E-state index contributed by atoms with van der Waals surface area (Å²) in [4.78, 5) is 0. The van der Waals surface area contributed by atoms with Crippen LogP contribution in [0.3, 0.4) is 0 Å². The van der Waals surface area contributed by atoms with Crippen molar-refractivity contribution >= 4 is 16.5 Å². The van der Waals surface area contributed by atoms with Crippen LogP contribution in [0.15, 0.2) is 23.4 Å². The van der Waals surface area contributed by atoms with Crippen molar-refractivity contribution in [1.29, 1.82) is 0 Å². The second-order valence-corrected chi connectivity index (χ2v) is 5.53. The van der Waals surface area contributed by atoms with E-state index in [4.69, 9.17) is 18.9 Å². The van der Waals surface area contributed by atoms with Gasteiger partial charge in [-0.2, -0.15) is 0 Å². The number of fused-ring (bicyclic) bond motifs is 1. The summed E-state index contributed by atoms with van der Waals surface area (Å²) < 4.78 is 22.3. The summed E-state index contributed by atoms with van der Waals surface area (Å²) in [7, 11) is 6.37. The van der Waals surface area contributed by atoms with Gasteiger partial charge in [-0.15, -0.1) is 0 Å². The van der Waals surface area contributed by atoms with Crippen LogP contribution in [0, 0.1) is 0 Å². The van der Waals surface area contributed by atoms with E-state index in [9.17, 15) is 5.21 Å². The molecule has 0 saturated heterocycles. The van der Waals surface area contributed by atoms with Crippen LogP contribution in [0.25, 0.3) is 10.8 Å². The van der Waals surface area contributed by atoms with Crippen molar-refractivity contribution in [3.63, 3.8) is 0 Å². The first kappa shape index (κ1) is 18.7. The maximum absolute atomic E-state index is 9.52. The van der Waals surface area contributed by atoms with Gasteiger partial charge in [0, 0.05) is 5.56 Å². The van der Waals surface area contributed by atoms with Crippen LogP contribution in [-0.2, 0) is 0 Å². The smallest absolute Gasteiger partial charge is 0.140 e. The van der Waals surface area contributed by atoms with Gasteiger partial charge in [0.15, 0.2) is 0 Å². The number of ether oxygens (including phenoxy) is 4. The molecule has 2 rings (SSSR count). The van der Waals surface area contributed by atoms with E-state index < -0.39 is 0 Å². The Kier molecular flexibility index (Phi) is 6.33. The minimum absolute atomic E-state index is 0.545. The summed E-state index contributed by atoms with van der Waals surface area (Å²) in [6.45, 7) is 2.08. The fourth-order valence-electron chi connectivity index (χ4n) is 2.95. The Morgan fingerprint density at radius 3 is 2.00 bits per heavy atom. The van der Waals surface area contributed by atoms with E-state index in [2.05, 4.69) is 12.1 Å². The molecule has 1 N–H and O–H groups in total. The van der Waals surface area contributed by atoms with Gasteiger partial charge in [-0.05, 0) is 31.0 Å². The number of unbranched alkanes of at least 4 members (excludes halogenated alkanes) is 1. The van der Waals surface area contributed by atoms with Crippen LogP contribution < -0.4 is 18.9 Å². The molecule has 0 atom stereocenters. The van der Waals surface area contributed by atoms with Crippen molar-refractivity contribution in [3.8, 4) is 23.0 Å². The van der Waals surface area contributed by atoms with Crippen LogP contribution in [0.1, 0.15) is 31.7 Å². The number of oxime groups is 1. The van der Waals surface area contributed by atoms with Gasteiger partial charge in [-0.1, -0.05) is 18.5 Å². The zero-order chi connectivity index (χ0) is 18.4. The number of methoxy groups -OCH3 is 4. The number of rotatable bonds is 8. The Morgan fingerprint density at radius 2 is 1.52 bits per heavy atom. The SMILES string of the molecule is CCCCC(=NO)c1cc(OC)c2c(OC)ccc(OC)c2c1OC. The molecule has 0 radical (unpaired) electrons. The molecule has 0 aromatic heterocycles. The molecule has 0 aliphatic carbocycles. The van der Waals surface area contributed by atoms with Crippen LogP contribution in [-0.4, -0.2) is 39.4 Å². The first-order chi connectivity index (χ1) is 12.2. The molecule has 0 amide bonds. The third-order valence-corrected chi connectivity index (χ3v) is 4.19. The van der Waals surface area contributed by atoms with Crippen molar-refractivity contribution in [2.75, 3.05) is 28.4 Å². The first-order valence-corrected chi connectivity index (χ1v) is 8.17. The monoisotopic (exact) mass is 347 g/mol. The zero-order valence-electron chi connectivity index (χ0n) is 15.4. The molecule has 0 spiro atoms. The van der Waals surface area contributed by atoms with Crippen molar-refractivity contribution in [3.05, 3.63) is 23.8 Å². The van der Waals surface area contributed by atoms with E-state index in [1.165, 1.54) is 0 Å². The summed E-state index contributed by atoms with van der Waals surface area (Å²) in [6, 6.07) is 5.45. The molecular weight excluding hydrogens is 322 g/mol. The Labute approximate surface area is 147 Å². The highest BCUT2D eigenvalue weighted by atomic mass is 16.5. The van der Waals surface area contributed by atoms with Gasteiger partial charge in [0.25, 0.3) is 0 Å². The molecule has 6 nitrogen and oxygen atoms in total. The van der Waals surface area contributed by atoms with Crippen LogP contribution in [0.2, 0.25) is 0 Å². The molecule has 2 aromatic rings. The Balaban J connectivity index is 2.89. The van der Waals surface area contributed by atoms with E-state index >= 15 is 0 Å². The molecule has 0 aliphatic heterocycles. The number of hydrogen-bond acceptors (Lipinski definition) is 6. The lowest BCUT2D eigenvalue weighted by Crippen LogP contribution is -2.06. The Hall–Kier alpha value is -2.63. The molecule has 0 fully saturated rings. The molecule has 0 aliphatic rings. The molecule has 0 bridgehead atoms. The van der Waals surface area contributed by atoms with Crippen molar-refractivity contribution in [2.45, 2.75) is 26.2 Å². The average molecular weight is 347 g/mol. The van der Waals surface area contributed by atoms with Gasteiger partial charge in [0.05, 0.1) is 44.9 Å². The summed E-state index contributed by atoms with van der Waals surface area (Å²) in [5, 5.41) is 14.5. The van der Waals surface area contributed by atoms with E-state index in [1.54, 1.807) is 28.4 Å². The fourth-order valence-corrected chi connectivity index (χ4v) is 2.95. The average Bonchev–Trinajstić information content (AvgIpc) is 2.66. The first-order valence-electron chi connectivity index (χ1n) is 8.17. The summed E-state index contributed by atoms with van der Waals surface area (Å²) in [5.74, 6) is 2.43. The quantitative estimate of drug-likeness (QED) is 0.439. The molecular formula is C19H25NO5. The van der Waals surface area contributed by atoms with Crippen molar-refractivity contribution in [2.24, 2.45) is 5.16 Å². The van der Waals surface area contributed by atoms with Gasteiger partial charge in [0.1, 0.15) is 23.0 Å². The van der Waals surface area contributed by atoms with Gasteiger partial charge in [-0.3, -0.25) is 0 Å².